The van der Waals surface area contributed by atoms with Gasteiger partial charge in [-0.3, -0.25) is 0 Å². The molecule has 3 heterocycles. The molecule has 4 aromatic rings. The number of pyridine rings is 1. The minimum absolute atomic E-state index is 0.383. The van der Waals surface area contributed by atoms with Crippen molar-refractivity contribution in [1.29, 1.82) is 0 Å². The van der Waals surface area contributed by atoms with E-state index in [2.05, 4.69) is 32.4 Å². The first kappa shape index (κ1) is 14.0. The smallest absolute Gasteiger partial charge is 0.164 e. The van der Waals surface area contributed by atoms with Crippen LogP contribution < -0.4 is 5.32 Å². The van der Waals surface area contributed by atoms with Crippen molar-refractivity contribution in [2.45, 2.75) is 6.10 Å². The fraction of sp³-hybridized carbons (Fsp3) is 0.118. The van der Waals surface area contributed by atoms with Gasteiger partial charge in [0.2, 0.25) is 0 Å². The Kier molecular flexibility index (Phi) is 3.61. The van der Waals surface area contributed by atoms with E-state index in [1.54, 1.807) is 17.5 Å². The van der Waals surface area contributed by atoms with Gasteiger partial charge in [-0.2, -0.15) is 0 Å². The summed E-state index contributed by atoms with van der Waals surface area (Å²) in [6.07, 6.45) is 2.59. The third-order valence-electron chi connectivity index (χ3n) is 3.64. The molecule has 23 heavy (non-hydrogen) atoms. The number of rotatable bonds is 4. The lowest BCUT2D eigenvalue weighted by molar-refractivity contribution is 0.195. The van der Waals surface area contributed by atoms with Crippen molar-refractivity contribution in [2.24, 2.45) is 0 Å². The van der Waals surface area contributed by atoms with Crippen LogP contribution >= 0.6 is 11.3 Å². The fourth-order valence-corrected chi connectivity index (χ4v) is 3.55. The predicted molar refractivity (Wildman–Crippen MR) is 92.6 cm³/mol. The van der Waals surface area contributed by atoms with Crippen molar-refractivity contribution in [1.82, 2.24) is 15.0 Å². The molecule has 0 spiro atoms. The number of anilines is 1. The first-order valence-electron chi connectivity index (χ1n) is 7.27. The van der Waals surface area contributed by atoms with Gasteiger partial charge in [0.25, 0.3) is 0 Å². The third kappa shape index (κ3) is 2.74. The van der Waals surface area contributed by atoms with Crippen LogP contribution in [0.3, 0.4) is 0 Å². The van der Waals surface area contributed by atoms with Crippen LogP contribution in [-0.2, 0) is 0 Å². The maximum absolute atomic E-state index is 10.4. The molecule has 5 nitrogen and oxygen atoms in total. The van der Waals surface area contributed by atoms with E-state index >= 15 is 0 Å². The summed E-state index contributed by atoms with van der Waals surface area (Å²) in [5.74, 6) is 0.684. The first-order chi connectivity index (χ1) is 11.3. The molecule has 0 saturated carbocycles. The second-order valence-electron chi connectivity index (χ2n) is 5.18. The minimum Gasteiger partial charge on any atom is -0.386 e. The second kappa shape index (κ2) is 5.91. The number of nitrogens with one attached hydrogen (secondary N) is 1. The summed E-state index contributed by atoms with van der Waals surface area (Å²) in [6.45, 7) is 0.383. The Morgan fingerprint density at radius 3 is 2.91 bits per heavy atom. The van der Waals surface area contributed by atoms with Gasteiger partial charge in [0.15, 0.2) is 5.65 Å². The van der Waals surface area contributed by atoms with Gasteiger partial charge < -0.3 is 10.4 Å². The van der Waals surface area contributed by atoms with Gasteiger partial charge >= 0.3 is 0 Å². The lowest BCUT2D eigenvalue weighted by atomic mass is 10.2. The summed E-state index contributed by atoms with van der Waals surface area (Å²) in [4.78, 5) is 13.5. The van der Waals surface area contributed by atoms with Crippen LogP contribution in [0.15, 0.2) is 55.0 Å². The highest BCUT2D eigenvalue weighted by Gasteiger charge is 2.12. The molecular weight excluding hydrogens is 308 g/mol. The third-order valence-corrected chi connectivity index (χ3v) is 4.86. The van der Waals surface area contributed by atoms with E-state index in [1.165, 1.54) is 11.0 Å². The van der Waals surface area contributed by atoms with Crippen LogP contribution in [-0.4, -0.2) is 26.6 Å². The fourth-order valence-electron chi connectivity index (χ4n) is 2.50. The lowest BCUT2D eigenvalue weighted by Crippen LogP contribution is -2.12. The van der Waals surface area contributed by atoms with Crippen molar-refractivity contribution >= 4 is 38.3 Å². The molecule has 0 amide bonds. The van der Waals surface area contributed by atoms with E-state index in [4.69, 9.17) is 0 Å². The minimum atomic E-state index is -0.589. The van der Waals surface area contributed by atoms with Crippen LogP contribution in [0.2, 0.25) is 0 Å². The molecule has 0 aliphatic heterocycles. The van der Waals surface area contributed by atoms with E-state index in [1.807, 2.05) is 30.3 Å². The van der Waals surface area contributed by atoms with Gasteiger partial charge in [-0.1, -0.05) is 18.2 Å². The molecule has 114 valence electrons. The van der Waals surface area contributed by atoms with Gasteiger partial charge in [-0.05, 0) is 29.7 Å². The van der Waals surface area contributed by atoms with Gasteiger partial charge in [-0.25, -0.2) is 15.0 Å². The van der Waals surface area contributed by atoms with E-state index in [9.17, 15) is 5.11 Å². The summed E-state index contributed by atoms with van der Waals surface area (Å²) >= 11 is 1.61. The Balaban J connectivity index is 1.55. The Morgan fingerprint density at radius 2 is 2.00 bits per heavy atom. The van der Waals surface area contributed by atoms with Crippen molar-refractivity contribution in [3.05, 3.63) is 59.9 Å². The molecular formula is C17H14N4OS. The molecule has 0 aliphatic carbocycles. The van der Waals surface area contributed by atoms with E-state index in [-0.39, 0.29) is 0 Å². The lowest BCUT2D eigenvalue weighted by Gasteiger charge is -2.11. The van der Waals surface area contributed by atoms with Crippen molar-refractivity contribution < 1.29 is 5.11 Å². The maximum Gasteiger partial charge on any atom is 0.164 e. The predicted octanol–water partition coefficient (Wildman–Crippen LogP) is 3.39. The molecule has 0 fully saturated rings. The summed E-state index contributed by atoms with van der Waals surface area (Å²) < 4.78 is 1.18. The van der Waals surface area contributed by atoms with Crippen molar-refractivity contribution in [3.63, 3.8) is 0 Å². The summed E-state index contributed by atoms with van der Waals surface area (Å²) in [7, 11) is 0. The number of aliphatic hydroxyl groups excluding tert-OH is 1. The monoisotopic (exact) mass is 322 g/mol. The van der Waals surface area contributed by atoms with Crippen LogP contribution in [0.5, 0.6) is 0 Å². The number of nitrogens with zero attached hydrogens (tertiary/aromatic N) is 3. The standard InChI is InChI=1S/C17H14N4OS/c22-13(15-8-11-4-1-2-6-14(11)23-15)9-19-17-12-5-3-7-18-16(12)20-10-21-17/h1-8,10,13,22H,9H2,(H,18,19,20,21). The Hall–Kier alpha value is -2.57. The largest absolute Gasteiger partial charge is 0.386 e. The van der Waals surface area contributed by atoms with Gasteiger partial charge in [0.05, 0.1) is 5.39 Å². The molecule has 1 aromatic carbocycles. The number of fused-ring (bicyclic) bond motifs is 2. The van der Waals surface area contributed by atoms with Gasteiger partial charge in [-0.15, -0.1) is 11.3 Å². The average Bonchev–Trinajstić information content (AvgIpc) is 3.04. The Labute approximate surface area is 136 Å². The number of aliphatic hydroxyl groups is 1. The molecule has 0 bridgehead atoms. The normalized spacial score (nSPS) is 12.6. The zero-order valence-corrected chi connectivity index (χ0v) is 13.0. The maximum atomic E-state index is 10.4. The number of hydrogen-bond donors (Lipinski definition) is 2. The van der Waals surface area contributed by atoms with Crippen molar-refractivity contribution in [3.8, 4) is 0 Å². The van der Waals surface area contributed by atoms with Crippen LogP contribution in [0.1, 0.15) is 11.0 Å². The first-order valence-corrected chi connectivity index (χ1v) is 8.09. The molecule has 0 radical (unpaired) electrons. The molecule has 1 atom stereocenters. The van der Waals surface area contributed by atoms with E-state index < -0.39 is 6.10 Å². The Bertz CT molecular complexity index is 931. The molecule has 1 unspecified atom stereocenters. The highest BCUT2D eigenvalue weighted by atomic mass is 32.1. The van der Waals surface area contributed by atoms with Gasteiger partial charge in [0, 0.05) is 22.3 Å². The molecule has 0 aliphatic rings. The second-order valence-corrected chi connectivity index (χ2v) is 6.30. The number of benzene rings is 1. The number of hydrogen-bond acceptors (Lipinski definition) is 6. The highest BCUT2D eigenvalue weighted by molar-refractivity contribution is 7.19. The van der Waals surface area contributed by atoms with E-state index in [0.717, 1.165) is 15.6 Å². The summed E-state index contributed by atoms with van der Waals surface area (Å²) in [6, 6.07) is 13.9. The SMILES string of the molecule is OC(CNc1ncnc2ncccc12)c1cc2ccccc2s1. The quantitative estimate of drug-likeness (QED) is 0.603. The zero-order valence-electron chi connectivity index (χ0n) is 12.2. The zero-order chi connectivity index (χ0) is 15.6. The molecule has 4 rings (SSSR count). The van der Waals surface area contributed by atoms with E-state index in [0.29, 0.717) is 18.0 Å². The molecule has 6 heteroatoms. The topological polar surface area (TPSA) is 70.9 Å². The average molecular weight is 322 g/mol. The summed E-state index contributed by atoms with van der Waals surface area (Å²) in [5, 5.41) is 15.6. The van der Waals surface area contributed by atoms with Crippen molar-refractivity contribution in [2.75, 3.05) is 11.9 Å². The molecule has 2 N–H and O–H groups in total. The van der Waals surface area contributed by atoms with Crippen LogP contribution in [0.4, 0.5) is 5.82 Å². The Morgan fingerprint density at radius 1 is 1.09 bits per heavy atom. The van der Waals surface area contributed by atoms with Crippen LogP contribution in [0.25, 0.3) is 21.1 Å². The summed E-state index contributed by atoms with van der Waals surface area (Å²) in [5.41, 5.74) is 0.640. The molecule has 3 aromatic heterocycles. The van der Waals surface area contributed by atoms with Gasteiger partial charge in [0.1, 0.15) is 18.2 Å². The molecule has 0 saturated heterocycles. The van der Waals surface area contributed by atoms with Crippen LogP contribution in [0, 0.1) is 0 Å². The highest BCUT2D eigenvalue weighted by Crippen LogP contribution is 2.30. The number of thiophene rings is 1. The number of aromatic nitrogens is 3.